The molecule has 2 unspecified atom stereocenters. The first-order chi connectivity index (χ1) is 5.34. The number of alkyl halides is 1. The van der Waals surface area contributed by atoms with Crippen molar-refractivity contribution in [2.45, 2.75) is 36.9 Å². The van der Waals surface area contributed by atoms with E-state index in [1.54, 1.807) is 7.11 Å². The summed E-state index contributed by atoms with van der Waals surface area (Å²) in [6.45, 7) is 0.923. The molecular weight excluding hydrogens is 204 g/mol. The Labute approximate surface area is 77.6 Å². The summed E-state index contributed by atoms with van der Waals surface area (Å²) in [6, 6.07) is 0. The zero-order valence-corrected chi connectivity index (χ0v) is 8.77. The van der Waals surface area contributed by atoms with Crippen molar-refractivity contribution in [2.24, 2.45) is 5.92 Å². The molecule has 0 bridgehead atoms. The third-order valence-electron chi connectivity index (χ3n) is 2.51. The van der Waals surface area contributed by atoms with Crippen molar-refractivity contribution in [3.8, 4) is 0 Å². The predicted molar refractivity (Wildman–Crippen MR) is 51.2 cm³/mol. The molecule has 0 aromatic rings. The van der Waals surface area contributed by atoms with Crippen molar-refractivity contribution >= 4 is 15.9 Å². The molecule has 1 saturated carbocycles. The van der Waals surface area contributed by atoms with Gasteiger partial charge in [0.1, 0.15) is 0 Å². The molecule has 66 valence electrons. The highest BCUT2D eigenvalue weighted by Crippen LogP contribution is 2.31. The molecule has 1 aliphatic rings. The van der Waals surface area contributed by atoms with Crippen LogP contribution in [-0.2, 0) is 4.74 Å². The lowest BCUT2D eigenvalue weighted by Crippen LogP contribution is -2.20. The van der Waals surface area contributed by atoms with Crippen LogP contribution in [0.2, 0.25) is 0 Å². The highest BCUT2D eigenvalue weighted by molar-refractivity contribution is 9.09. The van der Waals surface area contributed by atoms with Crippen LogP contribution in [0, 0.1) is 5.92 Å². The molecule has 2 atom stereocenters. The first-order valence-electron chi connectivity index (χ1n) is 4.47. The van der Waals surface area contributed by atoms with Gasteiger partial charge in [-0.05, 0) is 25.2 Å². The molecule has 1 fully saturated rings. The molecule has 0 spiro atoms. The second-order valence-electron chi connectivity index (χ2n) is 3.34. The maximum atomic E-state index is 5.07. The van der Waals surface area contributed by atoms with Gasteiger partial charge in [-0.3, -0.25) is 0 Å². The lowest BCUT2D eigenvalue weighted by molar-refractivity contribution is 0.168. The maximum Gasteiger partial charge on any atom is 0.0465 e. The maximum absolute atomic E-state index is 5.07. The van der Waals surface area contributed by atoms with E-state index in [-0.39, 0.29) is 0 Å². The van der Waals surface area contributed by atoms with Gasteiger partial charge in [0.25, 0.3) is 0 Å². The number of methoxy groups -OCH3 is 1. The third-order valence-corrected chi connectivity index (χ3v) is 3.71. The quantitative estimate of drug-likeness (QED) is 0.665. The number of rotatable bonds is 3. The summed E-state index contributed by atoms with van der Waals surface area (Å²) in [5.74, 6) is 0.865. The Morgan fingerprint density at radius 2 is 2.09 bits per heavy atom. The topological polar surface area (TPSA) is 9.23 Å². The Kier molecular flexibility index (Phi) is 4.46. The first kappa shape index (κ1) is 9.53. The summed E-state index contributed by atoms with van der Waals surface area (Å²) < 4.78 is 5.07. The summed E-state index contributed by atoms with van der Waals surface area (Å²) in [7, 11) is 1.78. The summed E-state index contributed by atoms with van der Waals surface area (Å²) in [6.07, 6.45) is 6.79. The Morgan fingerprint density at radius 1 is 1.36 bits per heavy atom. The van der Waals surface area contributed by atoms with Crippen molar-refractivity contribution in [1.29, 1.82) is 0 Å². The second-order valence-corrected chi connectivity index (χ2v) is 4.52. The van der Waals surface area contributed by atoms with Gasteiger partial charge < -0.3 is 4.74 Å². The lowest BCUT2D eigenvalue weighted by atomic mass is 9.87. The van der Waals surface area contributed by atoms with Crippen LogP contribution in [0.5, 0.6) is 0 Å². The van der Waals surface area contributed by atoms with Crippen LogP contribution in [-0.4, -0.2) is 18.5 Å². The zero-order chi connectivity index (χ0) is 8.10. The summed E-state index contributed by atoms with van der Waals surface area (Å²) in [4.78, 5) is 0.756. The van der Waals surface area contributed by atoms with Gasteiger partial charge >= 0.3 is 0 Å². The monoisotopic (exact) mass is 220 g/mol. The average molecular weight is 221 g/mol. The van der Waals surface area contributed by atoms with Gasteiger partial charge in [0.2, 0.25) is 0 Å². The van der Waals surface area contributed by atoms with Gasteiger partial charge in [0.15, 0.2) is 0 Å². The molecule has 0 N–H and O–H groups in total. The lowest BCUT2D eigenvalue weighted by Gasteiger charge is -2.26. The number of hydrogen-bond acceptors (Lipinski definition) is 1. The standard InChI is InChI=1S/C9H17BrO/c1-11-7-6-8-4-2-3-5-9(8)10/h8-9H,2-7H2,1H3. The number of halogens is 1. The van der Waals surface area contributed by atoms with Crippen molar-refractivity contribution in [2.75, 3.05) is 13.7 Å². The Hall–Kier alpha value is 0.440. The van der Waals surface area contributed by atoms with Crippen LogP contribution in [0.15, 0.2) is 0 Å². The largest absolute Gasteiger partial charge is 0.385 e. The minimum atomic E-state index is 0.756. The molecule has 1 aliphatic carbocycles. The minimum absolute atomic E-state index is 0.756. The molecule has 1 nitrogen and oxygen atoms in total. The molecule has 0 radical (unpaired) electrons. The van der Waals surface area contributed by atoms with Crippen LogP contribution in [0.3, 0.4) is 0 Å². The second kappa shape index (κ2) is 5.15. The van der Waals surface area contributed by atoms with E-state index in [0.29, 0.717) is 0 Å². The Morgan fingerprint density at radius 3 is 2.73 bits per heavy atom. The van der Waals surface area contributed by atoms with Crippen LogP contribution in [0.25, 0.3) is 0 Å². The van der Waals surface area contributed by atoms with Crippen molar-refractivity contribution in [3.63, 3.8) is 0 Å². The highest BCUT2D eigenvalue weighted by atomic mass is 79.9. The fourth-order valence-electron chi connectivity index (χ4n) is 1.76. The summed E-state index contributed by atoms with van der Waals surface area (Å²) in [5, 5.41) is 0. The zero-order valence-electron chi connectivity index (χ0n) is 7.18. The van der Waals surface area contributed by atoms with E-state index < -0.39 is 0 Å². The van der Waals surface area contributed by atoms with Gasteiger partial charge in [-0.25, -0.2) is 0 Å². The smallest absolute Gasteiger partial charge is 0.0465 e. The molecule has 0 heterocycles. The fraction of sp³-hybridized carbons (Fsp3) is 1.00. The van der Waals surface area contributed by atoms with Crippen molar-refractivity contribution < 1.29 is 4.74 Å². The Bertz CT molecular complexity index is 106. The van der Waals surface area contributed by atoms with E-state index in [2.05, 4.69) is 15.9 Å². The SMILES string of the molecule is COCCC1CCCCC1Br. The van der Waals surface area contributed by atoms with Crippen molar-refractivity contribution in [1.82, 2.24) is 0 Å². The van der Waals surface area contributed by atoms with Crippen molar-refractivity contribution in [3.05, 3.63) is 0 Å². The van der Waals surface area contributed by atoms with Crippen LogP contribution >= 0.6 is 15.9 Å². The molecule has 1 rings (SSSR count). The third kappa shape index (κ3) is 3.12. The molecule has 0 saturated heterocycles. The molecular formula is C9H17BrO. The van der Waals surface area contributed by atoms with Crippen LogP contribution in [0.1, 0.15) is 32.1 Å². The molecule has 0 aromatic heterocycles. The van der Waals surface area contributed by atoms with Crippen LogP contribution < -0.4 is 0 Å². The normalized spacial score (nSPS) is 32.2. The van der Waals surface area contributed by atoms with Gasteiger partial charge in [0.05, 0.1) is 0 Å². The molecule has 11 heavy (non-hydrogen) atoms. The van der Waals surface area contributed by atoms with E-state index in [9.17, 15) is 0 Å². The first-order valence-corrected chi connectivity index (χ1v) is 5.39. The van der Waals surface area contributed by atoms with Gasteiger partial charge in [0, 0.05) is 18.5 Å². The van der Waals surface area contributed by atoms with Gasteiger partial charge in [-0.1, -0.05) is 28.8 Å². The minimum Gasteiger partial charge on any atom is -0.385 e. The fourth-order valence-corrected chi connectivity index (χ4v) is 2.61. The van der Waals surface area contributed by atoms with Crippen LogP contribution in [0.4, 0.5) is 0 Å². The average Bonchev–Trinajstić information content (AvgIpc) is 2.03. The summed E-state index contributed by atoms with van der Waals surface area (Å²) in [5.41, 5.74) is 0. The van der Waals surface area contributed by atoms with E-state index >= 15 is 0 Å². The molecule has 0 aromatic carbocycles. The van der Waals surface area contributed by atoms with E-state index in [1.165, 1.54) is 32.1 Å². The van der Waals surface area contributed by atoms with Gasteiger partial charge in [-0.2, -0.15) is 0 Å². The summed E-state index contributed by atoms with van der Waals surface area (Å²) >= 11 is 3.73. The van der Waals surface area contributed by atoms with Gasteiger partial charge in [-0.15, -0.1) is 0 Å². The molecule has 0 amide bonds. The number of hydrogen-bond donors (Lipinski definition) is 0. The van der Waals surface area contributed by atoms with E-state index in [0.717, 1.165) is 17.4 Å². The van der Waals surface area contributed by atoms with E-state index in [1.807, 2.05) is 0 Å². The Balaban J connectivity index is 2.18. The van der Waals surface area contributed by atoms with E-state index in [4.69, 9.17) is 4.74 Å². The molecule has 2 heteroatoms. The number of ether oxygens (including phenoxy) is 1. The predicted octanol–water partition coefficient (Wildman–Crippen LogP) is 2.98. The highest BCUT2D eigenvalue weighted by Gasteiger charge is 2.21. The molecule has 0 aliphatic heterocycles.